The molecule has 166 valence electrons. The van der Waals surface area contributed by atoms with Gasteiger partial charge in [-0.2, -0.15) is 0 Å². The number of hydrogen-bond donors (Lipinski definition) is 1. The van der Waals surface area contributed by atoms with Gasteiger partial charge in [-0.25, -0.2) is 32.6 Å². The molecule has 0 aliphatic heterocycles. The van der Waals surface area contributed by atoms with Gasteiger partial charge in [-0.15, -0.1) is 5.10 Å². The van der Waals surface area contributed by atoms with Crippen molar-refractivity contribution in [3.8, 4) is 11.3 Å². The van der Waals surface area contributed by atoms with Gasteiger partial charge in [0, 0.05) is 30.6 Å². The first-order chi connectivity index (χ1) is 15.3. The maximum atomic E-state index is 13.2. The summed E-state index contributed by atoms with van der Waals surface area (Å²) in [5.41, 5.74) is 3.58. The number of alkyl halides is 3. The Labute approximate surface area is 181 Å². The lowest BCUT2D eigenvalue weighted by Gasteiger charge is -2.57. The van der Waals surface area contributed by atoms with Crippen LogP contribution in [0.3, 0.4) is 0 Å². The summed E-state index contributed by atoms with van der Waals surface area (Å²) in [6, 6.07) is 5.81. The molecule has 0 atom stereocenters. The van der Waals surface area contributed by atoms with Gasteiger partial charge >= 0.3 is 0 Å². The van der Waals surface area contributed by atoms with Crippen LogP contribution in [0.2, 0.25) is 0 Å². The molecule has 7 nitrogen and oxygen atoms in total. The second kappa shape index (κ2) is 6.66. The number of fused-ring (bicyclic) bond motifs is 2. The molecule has 6 rings (SSSR count). The lowest BCUT2D eigenvalue weighted by Crippen LogP contribution is -2.57. The van der Waals surface area contributed by atoms with Gasteiger partial charge in [-0.3, -0.25) is 0 Å². The van der Waals surface area contributed by atoms with Crippen molar-refractivity contribution in [3.05, 3.63) is 36.4 Å². The number of imidazole rings is 1. The molecule has 0 saturated heterocycles. The monoisotopic (exact) mass is 441 g/mol. The van der Waals surface area contributed by atoms with E-state index in [4.69, 9.17) is 4.98 Å². The van der Waals surface area contributed by atoms with Crippen LogP contribution in [0.15, 0.2) is 30.6 Å². The Morgan fingerprint density at radius 1 is 1.16 bits per heavy atom. The minimum atomic E-state index is -2.48. The van der Waals surface area contributed by atoms with Gasteiger partial charge in [0.1, 0.15) is 18.0 Å². The van der Waals surface area contributed by atoms with Gasteiger partial charge in [0.15, 0.2) is 5.65 Å². The molecule has 0 amide bonds. The number of halogens is 3. The van der Waals surface area contributed by atoms with Gasteiger partial charge in [0.05, 0.1) is 24.0 Å². The molecule has 4 heterocycles. The van der Waals surface area contributed by atoms with Crippen molar-refractivity contribution in [2.75, 3.05) is 12.0 Å². The van der Waals surface area contributed by atoms with Crippen LogP contribution in [0.1, 0.15) is 31.5 Å². The van der Waals surface area contributed by atoms with Gasteiger partial charge in [-0.05, 0) is 43.4 Å². The molecule has 0 bridgehead atoms. The first-order valence-electron chi connectivity index (χ1n) is 10.7. The molecule has 1 N–H and O–H groups in total. The van der Waals surface area contributed by atoms with Gasteiger partial charge in [0.25, 0.3) is 0 Å². The number of pyridine rings is 1. The summed E-state index contributed by atoms with van der Waals surface area (Å²) in [4.78, 5) is 13.6. The smallest absolute Gasteiger partial charge is 0.249 e. The number of anilines is 1. The summed E-state index contributed by atoms with van der Waals surface area (Å²) >= 11 is 0. The molecule has 2 aliphatic rings. The van der Waals surface area contributed by atoms with Crippen LogP contribution in [-0.4, -0.2) is 47.8 Å². The summed E-state index contributed by atoms with van der Waals surface area (Å²) in [6.07, 6.45) is 5.03. The Morgan fingerprint density at radius 3 is 2.72 bits per heavy atom. The molecule has 2 saturated carbocycles. The maximum absolute atomic E-state index is 13.2. The van der Waals surface area contributed by atoms with E-state index >= 15 is 0 Å². The van der Waals surface area contributed by atoms with Crippen LogP contribution >= 0.6 is 0 Å². The Hall–Kier alpha value is -3.17. The van der Waals surface area contributed by atoms with Crippen LogP contribution in [0.5, 0.6) is 0 Å². The van der Waals surface area contributed by atoms with Crippen molar-refractivity contribution in [3.63, 3.8) is 0 Å². The highest BCUT2D eigenvalue weighted by Gasteiger charge is 2.61. The molecule has 10 heteroatoms. The molecule has 2 fully saturated rings. The fourth-order valence-electron chi connectivity index (χ4n) is 5.40. The zero-order valence-corrected chi connectivity index (χ0v) is 17.5. The Morgan fingerprint density at radius 2 is 1.97 bits per heavy atom. The average molecular weight is 441 g/mol. The van der Waals surface area contributed by atoms with Gasteiger partial charge in [0.2, 0.25) is 11.9 Å². The van der Waals surface area contributed by atoms with E-state index in [1.165, 1.54) is 0 Å². The molecule has 4 aromatic heterocycles. The molecule has 0 radical (unpaired) electrons. The van der Waals surface area contributed by atoms with E-state index in [2.05, 4.69) is 20.4 Å². The van der Waals surface area contributed by atoms with Crippen LogP contribution in [0, 0.1) is 12.3 Å². The van der Waals surface area contributed by atoms with E-state index in [9.17, 15) is 13.2 Å². The largest absolute Gasteiger partial charge is 0.350 e. The van der Waals surface area contributed by atoms with Crippen LogP contribution in [-0.2, 0) is 6.54 Å². The fraction of sp³-hybridized carbons (Fsp3) is 0.455. The van der Waals surface area contributed by atoms with Crippen LogP contribution in [0.25, 0.3) is 27.9 Å². The Kier molecular flexibility index (Phi) is 4.06. The summed E-state index contributed by atoms with van der Waals surface area (Å²) < 4.78 is 42.9. The molecule has 0 aromatic carbocycles. The predicted octanol–water partition coefficient (Wildman–Crippen LogP) is 4.41. The van der Waals surface area contributed by atoms with E-state index in [1.807, 2.05) is 31.3 Å². The average Bonchev–Trinajstić information content (AvgIpc) is 3.26. The van der Waals surface area contributed by atoms with Crippen molar-refractivity contribution in [1.29, 1.82) is 0 Å². The molecular weight excluding hydrogens is 419 g/mol. The normalized spacial score (nSPS) is 19.4. The first-order valence-corrected chi connectivity index (χ1v) is 10.7. The summed E-state index contributed by atoms with van der Waals surface area (Å²) in [6.45, 7) is 1.57. The Balaban J connectivity index is 1.24. The van der Waals surface area contributed by atoms with Gasteiger partial charge < -0.3 is 9.88 Å². The zero-order valence-electron chi connectivity index (χ0n) is 17.5. The summed E-state index contributed by atoms with van der Waals surface area (Å²) in [5.74, 6) is -1.28. The lowest BCUT2D eigenvalue weighted by atomic mass is 9.52. The topological polar surface area (TPSA) is 72.9 Å². The zero-order chi connectivity index (χ0) is 22.1. The number of aromatic nitrogens is 6. The number of nitrogens with zero attached hydrogens (tertiary/aromatic N) is 6. The van der Waals surface area contributed by atoms with Crippen LogP contribution < -0.4 is 5.32 Å². The number of hydrogen-bond acceptors (Lipinski definition) is 5. The van der Waals surface area contributed by atoms with E-state index in [-0.39, 0.29) is 30.8 Å². The van der Waals surface area contributed by atoms with Gasteiger partial charge in [-0.1, -0.05) is 0 Å². The number of aryl methyl sites for hydroxylation is 2. The third-order valence-electron chi connectivity index (χ3n) is 6.74. The number of nitrogens with one attached hydrogen (secondary N) is 1. The van der Waals surface area contributed by atoms with Crippen molar-refractivity contribution in [2.45, 2.75) is 51.1 Å². The molecule has 2 aliphatic carbocycles. The van der Waals surface area contributed by atoms with Crippen molar-refractivity contribution in [1.82, 2.24) is 29.1 Å². The predicted molar refractivity (Wildman–Crippen MR) is 113 cm³/mol. The summed E-state index contributed by atoms with van der Waals surface area (Å²) in [7, 11) is 0. The SMILES string of the molecule is Cc1nc2ccc(-c3ccn4nc(NC5CC6(C5)CC(F)(F)C6)ncc34)nc2n1CCF. The molecule has 4 aromatic rings. The first kappa shape index (κ1) is 19.5. The second-order valence-electron chi connectivity index (χ2n) is 9.14. The molecule has 0 unspecified atom stereocenters. The number of rotatable bonds is 5. The van der Waals surface area contributed by atoms with E-state index in [0.717, 1.165) is 41.0 Å². The van der Waals surface area contributed by atoms with E-state index < -0.39 is 12.6 Å². The van der Waals surface area contributed by atoms with Crippen molar-refractivity contribution >= 4 is 22.6 Å². The third-order valence-corrected chi connectivity index (χ3v) is 6.74. The lowest BCUT2D eigenvalue weighted by molar-refractivity contribution is -0.193. The molecular formula is C22H22F3N7. The third kappa shape index (κ3) is 3.03. The minimum Gasteiger partial charge on any atom is -0.350 e. The highest BCUT2D eigenvalue weighted by atomic mass is 19.3. The molecule has 1 spiro atoms. The Bertz CT molecular complexity index is 1330. The standard InChI is InChI=1S/C22H22F3N7/c1-13-27-17-3-2-16(29-19(17)31(13)7-5-23)15-4-6-32-18(15)10-26-20(30-32)28-14-8-21(9-14)11-22(24,25)12-21/h2-4,6,10,14H,5,7-9,11-12H2,1H3,(H,28,30). The van der Waals surface area contributed by atoms with E-state index in [0.29, 0.717) is 11.6 Å². The van der Waals surface area contributed by atoms with Crippen LogP contribution in [0.4, 0.5) is 19.1 Å². The summed E-state index contributed by atoms with van der Waals surface area (Å²) in [5, 5.41) is 7.80. The van der Waals surface area contributed by atoms with E-state index in [1.54, 1.807) is 15.3 Å². The van der Waals surface area contributed by atoms with Crippen molar-refractivity contribution in [2.24, 2.45) is 5.41 Å². The maximum Gasteiger partial charge on any atom is 0.249 e. The quantitative estimate of drug-likeness (QED) is 0.497. The highest BCUT2D eigenvalue weighted by Crippen LogP contribution is 2.62. The minimum absolute atomic E-state index is 0.000132. The second-order valence-corrected chi connectivity index (χ2v) is 9.14. The van der Waals surface area contributed by atoms with Crippen molar-refractivity contribution < 1.29 is 13.2 Å². The fourth-order valence-corrected chi connectivity index (χ4v) is 5.40. The molecule has 32 heavy (non-hydrogen) atoms. The highest BCUT2D eigenvalue weighted by molar-refractivity contribution is 5.82.